The Bertz CT molecular complexity index is 176. The van der Waals surface area contributed by atoms with Crippen LogP contribution in [0, 0.1) is 0 Å². The molecule has 0 bridgehead atoms. The molecule has 10 heavy (non-hydrogen) atoms. The first-order chi connectivity index (χ1) is 4.30. The summed E-state index contributed by atoms with van der Waals surface area (Å²) in [5.74, 6) is 0. The fourth-order valence-corrected chi connectivity index (χ4v) is 1.23. The van der Waals surface area contributed by atoms with Crippen LogP contribution in [-0.4, -0.2) is 0 Å². The molecular weight excluding hydrogens is 204 g/mol. The van der Waals surface area contributed by atoms with Crippen molar-refractivity contribution in [3.63, 3.8) is 0 Å². The van der Waals surface area contributed by atoms with E-state index >= 15 is 0 Å². The van der Waals surface area contributed by atoms with Crippen LogP contribution in [0.4, 0.5) is 4.39 Å². The fourth-order valence-electron chi connectivity index (χ4n) is 0.662. The molecule has 0 N–H and O–H groups in total. The van der Waals surface area contributed by atoms with Crippen LogP contribution >= 0.6 is 12.4 Å². The van der Waals surface area contributed by atoms with Crippen molar-refractivity contribution in [3.05, 3.63) is 35.9 Å². The summed E-state index contributed by atoms with van der Waals surface area (Å²) in [6, 6.07) is 9.24. The van der Waals surface area contributed by atoms with Crippen LogP contribution in [-0.2, 0) is 18.3 Å². The first-order valence-corrected chi connectivity index (χ1v) is 4.54. The number of halogens is 2. The minimum atomic E-state index is -0.716. The molecule has 0 saturated heterocycles. The van der Waals surface area contributed by atoms with Crippen LogP contribution < -0.4 is 0 Å². The number of hydrogen-bond donors (Lipinski definition) is 0. The quantitative estimate of drug-likeness (QED) is 0.626. The Morgan fingerprint density at radius 3 is 2.00 bits per heavy atom. The second kappa shape index (κ2) is 4.81. The van der Waals surface area contributed by atoms with Gasteiger partial charge in [-0.05, 0) is 0 Å². The zero-order valence-electron chi connectivity index (χ0n) is 5.46. The van der Waals surface area contributed by atoms with E-state index in [9.17, 15) is 4.39 Å². The van der Waals surface area contributed by atoms with Gasteiger partial charge in [0.1, 0.15) is 0 Å². The molecular formula is C7H7ClFZn. The first-order valence-electron chi connectivity index (χ1n) is 2.83. The first kappa shape index (κ1) is 10.1. The molecule has 0 nitrogen and oxygen atoms in total. The van der Waals surface area contributed by atoms with Gasteiger partial charge in [0.15, 0.2) is 0 Å². The molecule has 0 aliphatic carbocycles. The Hall–Kier alpha value is 0.0634. The monoisotopic (exact) mass is 209 g/mol. The maximum atomic E-state index is 12.5. The number of rotatable bonds is 1. The minimum absolute atomic E-state index is 0. The summed E-state index contributed by atoms with van der Waals surface area (Å²) in [6.07, 6.45) is 0. The third-order valence-corrected chi connectivity index (χ3v) is 2.15. The molecule has 0 aliphatic heterocycles. The summed E-state index contributed by atoms with van der Waals surface area (Å²) < 4.78 is 11.8. The molecule has 51 valence electrons. The molecule has 3 heteroatoms. The van der Waals surface area contributed by atoms with Gasteiger partial charge in [-0.2, -0.15) is 0 Å². The van der Waals surface area contributed by atoms with Crippen LogP contribution in [0.15, 0.2) is 30.3 Å². The van der Waals surface area contributed by atoms with E-state index in [0.717, 1.165) is 5.56 Å². The number of benzene rings is 1. The molecule has 1 atom stereocenters. The van der Waals surface area contributed by atoms with Gasteiger partial charge in [-0.25, -0.2) is 0 Å². The van der Waals surface area contributed by atoms with E-state index < -0.39 is 4.77 Å². The molecule has 0 radical (unpaired) electrons. The molecule has 1 rings (SSSR count). The second-order valence-electron chi connectivity index (χ2n) is 1.88. The number of hydrogen-bond acceptors (Lipinski definition) is 0. The summed E-state index contributed by atoms with van der Waals surface area (Å²) in [6.45, 7) is 0. The van der Waals surface area contributed by atoms with Gasteiger partial charge in [0.2, 0.25) is 0 Å². The molecule has 1 unspecified atom stereocenters. The van der Waals surface area contributed by atoms with E-state index in [1.165, 1.54) is 0 Å². The van der Waals surface area contributed by atoms with Crippen molar-refractivity contribution in [1.82, 2.24) is 0 Å². The second-order valence-corrected chi connectivity index (χ2v) is 3.38. The van der Waals surface area contributed by atoms with Gasteiger partial charge in [-0.3, -0.25) is 0 Å². The zero-order chi connectivity index (χ0) is 6.69. The van der Waals surface area contributed by atoms with Crippen molar-refractivity contribution < 1.29 is 22.7 Å². The SMILES string of the molecule is Cl.F[CH]([Zn])c1ccccc1. The molecule has 0 fully saturated rings. The van der Waals surface area contributed by atoms with Crippen molar-refractivity contribution >= 4 is 12.4 Å². The predicted octanol–water partition coefficient (Wildman–Crippen LogP) is 2.62. The Labute approximate surface area is 75.9 Å². The normalized spacial score (nSPS) is 11.9. The summed E-state index contributed by atoms with van der Waals surface area (Å²) in [5, 5.41) is 0. The van der Waals surface area contributed by atoms with Gasteiger partial charge < -0.3 is 0 Å². The van der Waals surface area contributed by atoms with E-state index in [4.69, 9.17) is 0 Å². The third kappa shape index (κ3) is 2.76. The van der Waals surface area contributed by atoms with E-state index in [0.29, 0.717) is 18.3 Å². The van der Waals surface area contributed by atoms with Gasteiger partial charge in [-0.1, -0.05) is 0 Å². The standard InChI is InChI=1S/C7H6F.ClH.Zn/c8-6-7-4-2-1-3-5-7;;/h1-6H;1H;. The van der Waals surface area contributed by atoms with Gasteiger partial charge >= 0.3 is 63.4 Å². The summed E-state index contributed by atoms with van der Waals surface area (Å²) in [7, 11) is 0. The molecule has 0 spiro atoms. The van der Waals surface area contributed by atoms with Gasteiger partial charge in [0.05, 0.1) is 0 Å². The Balaban J connectivity index is 0.000000810. The Morgan fingerprint density at radius 2 is 1.70 bits per heavy atom. The van der Waals surface area contributed by atoms with Crippen LogP contribution in [0.25, 0.3) is 0 Å². The van der Waals surface area contributed by atoms with E-state index in [1.54, 1.807) is 0 Å². The summed E-state index contributed by atoms with van der Waals surface area (Å²) in [4.78, 5) is 0. The van der Waals surface area contributed by atoms with E-state index in [-0.39, 0.29) is 12.4 Å². The van der Waals surface area contributed by atoms with Crippen LogP contribution in [0.1, 0.15) is 10.3 Å². The average Bonchev–Trinajstić information content (AvgIpc) is 1.90. The molecule has 1 aromatic rings. The van der Waals surface area contributed by atoms with Crippen LogP contribution in [0.3, 0.4) is 0 Å². The molecule has 0 aromatic heterocycles. The zero-order valence-corrected chi connectivity index (χ0v) is 9.24. The average molecular weight is 211 g/mol. The Morgan fingerprint density at radius 1 is 1.20 bits per heavy atom. The van der Waals surface area contributed by atoms with Crippen LogP contribution in [0.2, 0.25) is 0 Å². The van der Waals surface area contributed by atoms with Crippen molar-refractivity contribution in [3.8, 4) is 0 Å². The van der Waals surface area contributed by atoms with Crippen molar-refractivity contribution in [2.75, 3.05) is 0 Å². The summed E-state index contributed by atoms with van der Waals surface area (Å²) >= 11 is 0.685. The third-order valence-electron chi connectivity index (χ3n) is 1.16. The van der Waals surface area contributed by atoms with Gasteiger partial charge in [0.25, 0.3) is 0 Å². The number of alkyl halides is 1. The molecule has 1 aromatic carbocycles. The van der Waals surface area contributed by atoms with E-state index in [2.05, 4.69) is 0 Å². The van der Waals surface area contributed by atoms with Crippen molar-refractivity contribution in [1.29, 1.82) is 0 Å². The molecule has 0 saturated carbocycles. The van der Waals surface area contributed by atoms with Crippen LogP contribution in [0.5, 0.6) is 0 Å². The topological polar surface area (TPSA) is 0 Å². The molecule has 0 aliphatic rings. The summed E-state index contributed by atoms with van der Waals surface area (Å²) in [5.41, 5.74) is 0.803. The fraction of sp³-hybridized carbons (Fsp3) is 0.143. The molecule has 0 heterocycles. The van der Waals surface area contributed by atoms with E-state index in [1.807, 2.05) is 30.3 Å². The predicted molar refractivity (Wildman–Crippen MR) is 37.5 cm³/mol. The van der Waals surface area contributed by atoms with Crippen molar-refractivity contribution in [2.45, 2.75) is 4.77 Å². The maximum absolute atomic E-state index is 12.5. The Kier molecular flexibility index (Phi) is 4.84. The van der Waals surface area contributed by atoms with Gasteiger partial charge in [-0.15, -0.1) is 12.4 Å². The van der Waals surface area contributed by atoms with Gasteiger partial charge in [0, 0.05) is 0 Å². The van der Waals surface area contributed by atoms with Crippen molar-refractivity contribution in [2.24, 2.45) is 0 Å². The molecule has 0 amide bonds.